The Labute approximate surface area is 294 Å². The van der Waals surface area contributed by atoms with Gasteiger partial charge in [-0.2, -0.15) is 0 Å². The second-order valence-corrected chi connectivity index (χ2v) is 16.6. The smallest absolute Gasteiger partial charge is 0.139 e. The van der Waals surface area contributed by atoms with Crippen molar-refractivity contribution in [1.29, 1.82) is 0 Å². The molecule has 3 nitrogen and oxygen atoms in total. The van der Waals surface area contributed by atoms with Crippen molar-refractivity contribution in [3.63, 3.8) is 0 Å². The molecule has 0 fully saturated rings. The number of fused-ring (bicyclic) bond motifs is 9. The highest BCUT2D eigenvalue weighted by Gasteiger charge is 2.39. The standard InChI is InChI=1S/C47H43NO2/c1-45(2,3)28-25-34-42-37(19-14-22-41(42)50-44(34)36(26-28)46(4,5)6)48(29-23-24-40-33(27-29)31-16-10-12-21-39(31)49-40)38-20-13-17-32-30-15-9-11-18-35(30)47(7,8)43(32)38/h9-27H,1-8H3. The Hall–Kier alpha value is -5.28. The topological polar surface area (TPSA) is 29.5 Å². The highest BCUT2D eigenvalue weighted by molar-refractivity contribution is 6.15. The van der Waals surface area contributed by atoms with Gasteiger partial charge >= 0.3 is 0 Å². The second-order valence-electron chi connectivity index (χ2n) is 16.6. The van der Waals surface area contributed by atoms with Gasteiger partial charge in [-0.3, -0.25) is 0 Å². The number of benzene rings is 6. The first-order valence-corrected chi connectivity index (χ1v) is 17.8. The van der Waals surface area contributed by atoms with Gasteiger partial charge in [0.25, 0.3) is 0 Å². The quantitative estimate of drug-likeness (QED) is 0.190. The molecule has 0 N–H and O–H groups in total. The van der Waals surface area contributed by atoms with Crippen LogP contribution in [0.5, 0.6) is 0 Å². The predicted molar refractivity (Wildman–Crippen MR) is 211 cm³/mol. The van der Waals surface area contributed by atoms with E-state index in [4.69, 9.17) is 8.83 Å². The maximum absolute atomic E-state index is 6.90. The van der Waals surface area contributed by atoms with Gasteiger partial charge in [-0.1, -0.05) is 122 Å². The number of anilines is 3. The zero-order valence-corrected chi connectivity index (χ0v) is 30.2. The zero-order valence-electron chi connectivity index (χ0n) is 30.2. The summed E-state index contributed by atoms with van der Waals surface area (Å²) < 4.78 is 13.2. The minimum absolute atomic E-state index is 0.0319. The summed E-state index contributed by atoms with van der Waals surface area (Å²) in [6, 6.07) is 41.9. The summed E-state index contributed by atoms with van der Waals surface area (Å²) >= 11 is 0. The molecule has 0 radical (unpaired) electrons. The van der Waals surface area contributed by atoms with Crippen LogP contribution in [0, 0.1) is 0 Å². The zero-order chi connectivity index (χ0) is 34.7. The molecule has 8 aromatic rings. The molecule has 0 aliphatic heterocycles. The van der Waals surface area contributed by atoms with Crippen LogP contribution in [0.1, 0.15) is 77.6 Å². The largest absolute Gasteiger partial charge is 0.456 e. The molecule has 6 aromatic carbocycles. The summed E-state index contributed by atoms with van der Waals surface area (Å²) in [5.74, 6) is 0. The van der Waals surface area contributed by atoms with Gasteiger partial charge in [-0.05, 0) is 87.2 Å². The summed E-state index contributed by atoms with van der Waals surface area (Å²) in [5, 5.41) is 4.50. The number of para-hydroxylation sites is 1. The molecule has 2 heterocycles. The van der Waals surface area contributed by atoms with Gasteiger partial charge in [-0.15, -0.1) is 0 Å². The Morgan fingerprint density at radius 3 is 2.02 bits per heavy atom. The summed E-state index contributed by atoms with van der Waals surface area (Å²) in [5.41, 5.74) is 14.5. The van der Waals surface area contributed by atoms with E-state index < -0.39 is 0 Å². The van der Waals surface area contributed by atoms with Crippen molar-refractivity contribution in [1.82, 2.24) is 0 Å². The molecule has 0 saturated carbocycles. The number of rotatable bonds is 3. The van der Waals surface area contributed by atoms with Gasteiger partial charge in [0, 0.05) is 32.8 Å². The molecule has 0 saturated heterocycles. The number of nitrogens with zero attached hydrogens (tertiary/aromatic N) is 1. The molecule has 0 unspecified atom stereocenters. The van der Waals surface area contributed by atoms with E-state index in [1.807, 2.05) is 6.07 Å². The van der Waals surface area contributed by atoms with Gasteiger partial charge in [0.2, 0.25) is 0 Å². The molecule has 9 rings (SSSR count). The van der Waals surface area contributed by atoms with Crippen molar-refractivity contribution >= 4 is 60.9 Å². The summed E-state index contributed by atoms with van der Waals surface area (Å²) in [7, 11) is 0. The lowest BCUT2D eigenvalue weighted by Crippen LogP contribution is -2.20. The Bertz CT molecular complexity index is 2650. The van der Waals surface area contributed by atoms with E-state index in [0.717, 1.165) is 55.3 Å². The Balaban J connectivity index is 1.41. The Kier molecular flexibility index (Phi) is 6.38. The lowest BCUT2D eigenvalue weighted by Gasteiger charge is -2.32. The molecule has 1 aliphatic rings. The van der Waals surface area contributed by atoms with E-state index >= 15 is 0 Å². The molecule has 0 spiro atoms. The average molecular weight is 654 g/mol. The van der Waals surface area contributed by atoms with Crippen LogP contribution in [0.4, 0.5) is 17.1 Å². The first kappa shape index (κ1) is 30.8. The van der Waals surface area contributed by atoms with E-state index in [-0.39, 0.29) is 16.2 Å². The van der Waals surface area contributed by atoms with Gasteiger partial charge in [0.15, 0.2) is 0 Å². The average Bonchev–Trinajstić information content (AvgIpc) is 3.72. The van der Waals surface area contributed by atoms with Gasteiger partial charge < -0.3 is 13.7 Å². The molecular formula is C47H43NO2. The Morgan fingerprint density at radius 2 is 1.22 bits per heavy atom. The minimum atomic E-state index is -0.210. The van der Waals surface area contributed by atoms with Crippen LogP contribution < -0.4 is 4.90 Å². The van der Waals surface area contributed by atoms with Crippen molar-refractivity contribution in [2.24, 2.45) is 0 Å². The van der Waals surface area contributed by atoms with Crippen LogP contribution in [-0.4, -0.2) is 0 Å². The van der Waals surface area contributed by atoms with Gasteiger partial charge in [0.05, 0.1) is 16.8 Å². The van der Waals surface area contributed by atoms with Crippen LogP contribution in [-0.2, 0) is 16.2 Å². The van der Waals surface area contributed by atoms with Crippen LogP contribution in [0.3, 0.4) is 0 Å². The van der Waals surface area contributed by atoms with Gasteiger partial charge in [0.1, 0.15) is 22.3 Å². The third kappa shape index (κ3) is 4.42. The highest BCUT2D eigenvalue weighted by atomic mass is 16.3. The molecule has 0 bridgehead atoms. The van der Waals surface area contributed by atoms with Crippen LogP contribution in [0.2, 0.25) is 0 Å². The normalized spacial score (nSPS) is 14.2. The molecular weight excluding hydrogens is 611 g/mol. The van der Waals surface area contributed by atoms with Crippen molar-refractivity contribution in [2.45, 2.75) is 71.6 Å². The molecule has 50 heavy (non-hydrogen) atoms. The molecule has 248 valence electrons. The SMILES string of the molecule is CC(C)(C)c1cc(C(C)(C)C)c2oc3cccc(N(c4ccc5oc6ccccc6c5c4)c4cccc5c4C(C)(C)c4ccccc4-5)c3c2c1. The second kappa shape index (κ2) is 10.4. The summed E-state index contributed by atoms with van der Waals surface area (Å²) in [4.78, 5) is 2.48. The van der Waals surface area contributed by atoms with Gasteiger partial charge in [-0.25, -0.2) is 0 Å². The number of furan rings is 2. The van der Waals surface area contributed by atoms with Crippen molar-refractivity contribution in [2.75, 3.05) is 4.90 Å². The van der Waals surface area contributed by atoms with Crippen LogP contribution in [0.25, 0.3) is 55.0 Å². The predicted octanol–water partition coefficient (Wildman–Crippen LogP) is 13.9. The van der Waals surface area contributed by atoms with Crippen LogP contribution in [0.15, 0.2) is 124 Å². The molecule has 3 heteroatoms. The molecule has 1 aliphatic carbocycles. The first-order chi connectivity index (χ1) is 23.8. The lowest BCUT2D eigenvalue weighted by molar-refractivity contribution is 0.559. The summed E-state index contributed by atoms with van der Waals surface area (Å²) in [6.07, 6.45) is 0. The molecule has 0 atom stereocenters. The number of hydrogen-bond donors (Lipinski definition) is 0. The Morgan fingerprint density at radius 1 is 0.540 bits per heavy atom. The lowest BCUT2D eigenvalue weighted by atomic mass is 9.79. The summed E-state index contributed by atoms with van der Waals surface area (Å²) in [6.45, 7) is 18.5. The van der Waals surface area contributed by atoms with Crippen molar-refractivity contribution in [3.8, 4) is 11.1 Å². The fourth-order valence-corrected chi connectivity index (χ4v) is 8.35. The van der Waals surface area contributed by atoms with Crippen molar-refractivity contribution < 1.29 is 8.83 Å². The fourth-order valence-electron chi connectivity index (χ4n) is 8.35. The van der Waals surface area contributed by atoms with Crippen LogP contribution >= 0.6 is 0 Å². The maximum Gasteiger partial charge on any atom is 0.139 e. The van der Waals surface area contributed by atoms with E-state index in [1.165, 1.54) is 39.1 Å². The van der Waals surface area contributed by atoms with E-state index in [2.05, 4.69) is 169 Å². The van der Waals surface area contributed by atoms with E-state index in [1.54, 1.807) is 0 Å². The minimum Gasteiger partial charge on any atom is -0.456 e. The first-order valence-electron chi connectivity index (χ1n) is 17.8. The van der Waals surface area contributed by atoms with E-state index in [9.17, 15) is 0 Å². The third-order valence-electron chi connectivity index (χ3n) is 10.9. The van der Waals surface area contributed by atoms with E-state index in [0.29, 0.717) is 0 Å². The fraction of sp³-hybridized carbons (Fsp3) is 0.234. The number of hydrogen-bond acceptors (Lipinski definition) is 3. The third-order valence-corrected chi connectivity index (χ3v) is 10.9. The monoisotopic (exact) mass is 653 g/mol. The molecule has 2 aromatic heterocycles. The maximum atomic E-state index is 6.90. The highest BCUT2D eigenvalue weighted by Crippen LogP contribution is 2.55. The molecule has 0 amide bonds. The van der Waals surface area contributed by atoms with Crippen molar-refractivity contribution in [3.05, 3.63) is 138 Å².